The average molecular weight is 515 g/mol. The largest absolute Gasteiger partial charge is 0.487 e. The number of hydrogen-bond donors (Lipinski definition) is 1. The minimum atomic E-state index is -0.543. The van der Waals surface area contributed by atoms with Gasteiger partial charge in [0, 0.05) is 31.7 Å². The van der Waals surface area contributed by atoms with E-state index < -0.39 is 6.10 Å². The van der Waals surface area contributed by atoms with Gasteiger partial charge in [-0.25, -0.2) is 0 Å². The lowest BCUT2D eigenvalue weighted by molar-refractivity contribution is 0.0413. The Labute approximate surface area is 225 Å². The third-order valence-corrected chi connectivity index (χ3v) is 8.03. The first-order chi connectivity index (χ1) is 18.7. The highest BCUT2D eigenvalue weighted by molar-refractivity contribution is 5.83. The van der Waals surface area contributed by atoms with Crippen molar-refractivity contribution in [3.05, 3.63) is 77.4 Å². The molecule has 0 radical (unpaired) electrons. The summed E-state index contributed by atoms with van der Waals surface area (Å²) >= 11 is 0. The molecule has 1 N–H and O–H groups in total. The van der Waals surface area contributed by atoms with Crippen LogP contribution in [0, 0.1) is 0 Å². The van der Waals surface area contributed by atoms with Gasteiger partial charge < -0.3 is 24.2 Å². The van der Waals surface area contributed by atoms with Crippen molar-refractivity contribution in [1.29, 1.82) is 0 Å². The molecule has 200 valence electrons. The maximum atomic E-state index is 10.8. The molecule has 0 spiro atoms. The zero-order valence-electron chi connectivity index (χ0n) is 22.1. The number of nitrogens with zero attached hydrogens (tertiary/aromatic N) is 2. The molecule has 0 aromatic heterocycles. The van der Waals surface area contributed by atoms with E-state index in [1.165, 1.54) is 21.9 Å². The Morgan fingerprint density at radius 2 is 1.71 bits per heavy atom. The maximum absolute atomic E-state index is 10.8. The van der Waals surface area contributed by atoms with E-state index in [9.17, 15) is 5.11 Å². The molecule has 0 bridgehead atoms. The van der Waals surface area contributed by atoms with Gasteiger partial charge in [0.1, 0.15) is 19.3 Å². The summed E-state index contributed by atoms with van der Waals surface area (Å²) in [6.45, 7) is 7.88. The molecule has 3 aliphatic rings. The lowest BCUT2D eigenvalue weighted by atomic mass is 9.88. The molecule has 2 fully saturated rings. The number of rotatable bonds is 8. The van der Waals surface area contributed by atoms with E-state index in [1.807, 2.05) is 12.1 Å². The number of likely N-dealkylation sites (tertiary alicyclic amines) is 1. The molecule has 6 heteroatoms. The SMILES string of the molecule is O[C@H](COc1cccc2c1OCC(CN1CCOCC1)=C2)CN1CCC(c2ccc3ccccc3c2)CC1. The average Bonchev–Trinajstić information content (AvgIpc) is 2.96. The number of para-hydroxylation sites is 1. The second-order valence-corrected chi connectivity index (χ2v) is 10.8. The Morgan fingerprint density at radius 3 is 2.55 bits per heavy atom. The molecule has 38 heavy (non-hydrogen) atoms. The summed E-state index contributed by atoms with van der Waals surface area (Å²) in [6, 6.07) is 21.4. The fourth-order valence-corrected chi connectivity index (χ4v) is 5.93. The standard InChI is InChI=1S/C32H38N2O4/c35-30(21-33-12-10-26(11-13-33)28-9-8-25-4-1-2-5-27(25)19-28)23-37-31-7-3-6-29-18-24(22-38-32(29)31)20-34-14-16-36-17-15-34/h1-9,18-19,26,30,35H,10-17,20-23H2/t30-/m0/s1. The van der Waals surface area contributed by atoms with Crippen LogP contribution in [0.3, 0.4) is 0 Å². The third-order valence-electron chi connectivity index (χ3n) is 8.03. The van der Waals surface area contributed by atoms with E-state index >= 15 is 0 Å². The number of morpholine rings is 1. The van der Waals surface area contributed by atoms with Gasteiger partial charge in [0.15, 0.2) is 11.5 Å². The molecule has 3 aromatic carbocycles. The van der Waals surface area contributed by atoms with Crippen LogP contribution >= 0.6 is 0 Å². The van der Waals surface area contributed by atoms with E-state index in [2.05, 4.69) is 64.4 Å². The molecule has 6 nitrogen and oxygen atoms in total. The summed E-state index contributed by atoms with van der Waals surface area (Å²) in [4.78, 5) is 4.77. The van der Waals surface area contributed by atoms with Gasteiger partial charge in [0.25, 0.3) is 0 Å². The third kappa shape index (κ3) is 6.05. The fourth-order valence-electron chi connectivity index (χ4n) is 5.93. The normalized spacial score (nSPS) is 20.0. The summed E-state index contributed by atoms with van der Waals surface area (Å²) in [5, 5.41) is 13.4. The monoisotopic (exact) mass is 514 g/mol. The smallest absolute Gasteiger partial charge is 0.168 e. The van der Waals surface area contributed by atoms with Gasteiger partial charge in [-0.1, -0.05) is 54.6 Å². The quantitative estimate of drug-likeness (QED) is 0.476. The Morgan fingerprint density at radius 1 is 0.895 bits per heavy atom. The molecular weight excluding hydrogens is 476 g/mol. The van der Waals surface area contributed by atoms with E-state index in [4.69, 9.17) is 14.2 Å². The first-order valence-electron chi connectivity index (χ1n) is 14.0. The molecule has 6 rings (SSSR count). The van der Waals surface area contributed by atoms with Gasteiger partial charge in [-0.2, -0.15) is 0 Å². The van der Waals surface area contributed by atoms with Crippen LogP contribution in [0.25, 0.3) is 16.8 Å². The molecule has 3 heterocycles. The Balaban J connectivity index is 0.988. The molecule has 3 aliphatic heterocycles. The number of hydrogen-bond acceptors (Lipinski definition) is 6. The minimum absolute atomic E-state index is 0.259. The topological polar surface area (TPSA) is 54.4 Å². The summed E-state index contributed by atoms with van der Waals surface area (Å²) in [7, 11) is 0. The second kappa shape index (κ2) is 11.9. The molecular formula is C32H38N2O4. The lowest BCUT2D eigenvalue weighted by Gasteiger charge is -2.33. The molecule has 0 aliphatic carbocycles. The summed E-state index contributed by atoms with van der Waals surface area (Å²) in [5.74, 6) is 2.07. The minimum Gasteiger partial charge on any atom is -0.487 e. The second-order valence-electron chi connectivity index (χ2n) is 10.8. The zero-order valence-corrected chi connectivity index (χ0v) is 22.1. The molecule has 0 unspecified atom stereocenters. The number of ether oxygens (including phenoxy) is 3. The Bertz CT molecular complexity index is 1260. The first-order valence-corrected chi connectivity index (χ1v) is 14.0. The molecule has 2 saturated heterocycles. The van der Waals surface area contributed by atoms with Gasteiger partial charge >= 0.3 is 0 Å². The predicted octanol–water partition coefficient (Wildman–Crippen LogP) is 4.57. The van der Waals surface area contributed by atoms with Crippen molar-refractivity contribution in [1.82, 2.24) is 9.80 Å². The van der Waals surface area contributed by atoms with Gasteiger partial charge in [0.05, 0.1) is 13.2 Å². The van der Waals surface area contributed by atoms with Gasteiger partial charge in [-0.05, 0) is 65.9 Å². The van der Waals surface area contributed by atoms with Crippen molar-refractivity contribution in [2.45, 2.75) is 24.9 Å². The van der Waals surface area contributed by atoms with Crippen molar-refractivity contribution in [2.75, 3.05) is 65.7 Å². The van der Waals surface area contributed by atoms with Crippen LogP contribution in [0.1, 0.15) is 29.9 Å². The van der Waals surface area contributed by atoms with Crippen LogP contribution in [0.5, 0.6) is 11.5 Å². The van der Waals surface area contributed by atoms with Crippen LogP contribution in [-0.2, 0) is 4.74 Å². The molecule has 0 amide bonds. The Hall–Kier alpha value is -2.90. The van der Waals surface area contributed by atoms with Crippen LogP contribution in [-0.4, -0.2) is 86.7 Å². The first kappa shape index (κ1) is 25.4. The van der Waals surface area contributed by atoms with Crippen LogP contribution in [0.2, 0.25) is 0 Å². The van der Waals surface area contributed by atoms with Gasteiger partial charge in [0.2, 0.25) is 0 Å². The zero-order chi connectivity index (χ0) is 25.7. The number of β-amino-alcohol motifs (C(OH)–C–C–N with tert-alkyl or cyclic N) is 1. The van der Waals surface area contributed by atoms with E-state index in [-0.39, 0.29) is 6.61 Å². The number of fused-ring (bicyclic) bond motifs is 2. The van der Waals surface area contributed by atoms with Crippen LogP contribution in [0.4, 0.5) is 0 Å². The van der Waals surface area contributed by atoms with Gasteiger partial charge in [-0.3, -0.25) is 4.90 Å². The summed E-state index contributed by atoms with van der Waals surface area (Å²) < 4.78 is 17.7. The highest BCUT2D eigenvalue weighted by Crippen LogP contribution is 2.36. The summed E-state index contributed by atoms with van der Waals surface area (Å²) in [6.07, 6.45) is 3.91. The van der Waals surface area contributed by atoms with Crippen molar-refractivity contribution in [3.63, 3.8) is 0 Å². The molecule has 3 aromatic rings. The van der Waals surface area contributed by atoms with E-state index in [0.29, 0.717) is 24.8 Å². The molecule has 0 saturated carbocycles. The number of piperidine rings is 1. The van der Waals surface area contributed by atoms with Crippen molar-refractivity contribution < 1.29 is 19.3 Å². The van der Waals surface area contributed by atoms with E-state index in [1.54, 1.807) is 0 Å². The predicted molar refractivity (Wildman–Crippen MR) is 151 cm³/mol. The van der Waals surface area contributed by atoms with Crippen molar-refractivity contribution in [3.8, 4) is 11.5 Å². The summed E-state index contributed by atoms with van der Waals surface area (Å²) in [5.41, 5.74) is 3.74. The van der Waals surface area contributed by atoms with Crippen LogP contribution in [0.15, 0.2) is 66.2 Å². The van der Waals surface area contributed by atoms with Gasteiger partial charge in [-0.15, -0.1) is 0 Å². The van der Waals surface area contributed by atoms with Crippen molar-refractivity contribution >= 4 is 16.8 Å². The Kier molecular flexibility index (Phi) is 7.93. The highest BCUT2D eigenvalue weighted by Gasteiger charge is 2.24. The van der Waals surface area contributed by atoms with Crippen molar-refractivity contribution in [2.24, 2.45) is 0 Å². The number of aliphatic hydroxyl groups excluding tert-OH is 1. The van der Waals surface area contributed by atoms with E-state index in [0.717, 1.165) is 70.1 Å². The number of aliphatic hydroxyl groups is 1. The highest BCUT2D eigenvalue weighted by atomic mass is 16.5. The fraction of sp³-hybridized carbons (Fsp3) is 0.438. The molecule has 1 atom stereocenters. The lowest BCUT2D eigenvalue weighted by Crippen LogP contribution is -2.40. The van der Waals surface area contributed by atoms with Crippen LogP contribution < -0.4 is 9.47 Å². The maximum Gasteiger partial charge on any atom is 0.168 e. The number of benzene rings is 3.